The summed E-state index contributed by atoms with van der Waals surface area (Å²) in [5.41, 5.74) is 7.23. The monoisotopic (exact) mass is 305 g/mol. The van der Waals surface area contributed by atoms with Crippen LogP contribution in [0.3, 0.4) is 0 Å². The van der Waals surface area contributed by atoms with Gasteiger partial charge < -0.3 is 20.3 Å². The first-order chi connectivity index (χ1) is 10.6. The first-order valence-electron chi connectivity index (χ1n) is 8.00. The highest BCUT2D eigenvalue weighted by atomic mass is 16.5. The van der Waals surface area contributed by atoms with Crippen molar-refractivity contribution in [3.8, 4) is 5.75 Å². The number of benzene rings is 1. The molecule has 0 aromatic heterocycles. The molecule has 1 aromatic rings. The van der Waals surface area contributed by atoms with Gasteiger partial charge in [-0.1, -0.05) is 20.3 Å². The summed E-state index contributed by atoms with van der Waals surface area (Å²) in [6, 6.07) is 7.66. The topological polar surface area (TPSA) is 58.8 Å². The smallest absolute Gasteiger partial charge is 0.239 e. The lowest BCUT2D eigenvalue weighted by molar-refractivity contribution is -0.134. The minimum Gasteiger partial charge on any atom is -0.497 e. The van der Waals surface area contributed by atoms with Gasteiger partial charge in [-0.3, -0.25) is 4.79 Å². The van der Waals surface area contributed by atoms with Crippen LogP contribution in [-0.4, -0.2) is 50.1 Å². The van der Waals surface area contributed by atoms with Crippen molar-refractivity contribution in [3.05, 3.63) is 24.3 Å². The lowest BCUT2D eigenvalue weighted by Gasteiger charge is -2.37. The Labute approximate surface area is 133 Å². The van der Waals surface area contributed by atoms with Crippen LogP contribution >= 0.6 is 0 Å². The SMILES string of the molecule is CCC(C)[C@H](N)C(=O)N1CCN(c2ccc(OC)cc2)CC1. The second-order valence-electron chi connectivity index (χ2n) is 5.92. The van der Waals surface area contributed by atoms with Gasteiger partial charge in [0.1, 0.15) is 5.75 Å². The molecule has 122 valence electrons. The Morgan fingerprint density at radius 1 is 1.23 bits per heavy atom. The second kappa shape index (κ2) is 7.49. The van der Waals surface area contributed by atoms with E-state index in [2.05, 4.69) is 24.0 Å². The van der Waals surface area contributed by atoms with Crippen molar-refractivity contribution in [2.24, 2.45) is 11.7 Å². The normalized spacial score (nSPS) is 18.0. The molecule has 2 N–H and O–H groups in total. The van der Waals surface area contributed by atoms with Gasteiger partial charge in [-0.05, 0) is 30.2 Å². The molecular weight excluding hydrogens is 278 g/mol. The summed E-state index contributed by atoms with van der Waals surface area (Å²) >= 11 is 0. The number of nitrogens with zero attached hydrogens (tertiary/aromatic N) is 2. The third kappa shape index (κ3) is 3.71. The van der Waals surface area contributed by atoms with Gasteiger partial charge in [-0.15, -0.1) is 0 Å². The van der Waals surface area contributed by atoms with E-state index >= 15 is 0 Å². The molecule has 0 spiro atoms. The number of hydrogen-bond donors (Lipinski definition) is 1. The van der Waals surface area contributed by atoms with Crippen LogP contribution in [0.5, 0.6) is 5.75 Å². The second-order valence-corrected chi connectivity index (χ2v) is 5.92. The van der Waals surface area contributed by atoms with Crippen LogP contribution in [0.25, 0.3) is 0 Å². The Morgan fingerprint density at radius 2 is 1.82 bits per heavy atom. The number of carbonyl (C=O) groups excluding carboxylic acids is 1. The Kier molecular flexibility index (Phi) is 5.66. The highest BCUT2D eigenvalue weighted by Gasteiger charge is 2.27. The maximum absolute atomic E-state index is 12.4. The predicted molar refractivity (Wildman–Crippen MR) is 89.2 cm³/mol. The zero-order chi connectivity index (χ0) is 16.1. The van der Waals surface area contributed by atoms with Crippen LogP contribution in [-0.2, 0) is 4.79 Å². The summed E-state index contributed by atoms with van der Waals surface area (Å²) < 4.78 is 5.18. The van der Waals surface area contributed by atoms with Gasteiger partial charge in [-0.2, -0.15) is 0 Å². The average molecular weight is 305 g/mol. The van der Waals surface area contributed by atoms with Crippen LogP contribution in [0.1, 0.15) is 20.3 Å². The highest BCUT2D eigenvalue weighted by molar-refractivity contribution is 5.82. The van der Waals surface area contributed by atoms with E-state index in [0.29, 0.717) is 0 Å². The number of nitrogens with two attached hydrogens (primary N) is 1. The number of ether oxygens (including phenoxy) is 1. The summed E-state index contributed by atoms with van der Waals surface area (Å²) in [6.45, 7) is 7.25. The van der Waals surface area contributed by atoms with E-state index in [1.54, 1.807) is 7.11 Å². The van der Waals surface area contributed by atoms with Gasteiger partial charge >= 0.3 is 0 Å². The predicted octanol–water partition coefficient (Wildman–Crippen LogP) is 1.72. The maximum Gasteiger partial charge on any atom is 0.239 e. The molecule has 1 saturated heterocycles. The Bertz CT molecular complexity index is 481. The van der Waals surface area contributed by atoms with E-state index in [9.17, 15) is 4.79 Å². The number of rotatable bonds is 5. The molecule has 2 rings (SSSR count). The van der Waals surface area contributed by atoms with E-state index in [-0.39, 0.29) is 17.9 Å². The molecule has 0 bridgehead atoms. The van der Waals surface area contributed by atoms with Gasteiger partial charge in [0.05, 0.1) is 13.2 Å². The molecule has 0 radical (unpaired) electrons. The maximum atomic E-state index is 12.4. The molecule has 5 heteroatoms. The highest BCUT2D eigenvalue weighted by Crippen LogP contribution is 2.21. The molecule has 2 atom stereocenters. The van der Waals surface area contributed by atoms with Crippen LogP contribution < -0.4 is 15.4 Å². The number of hydrogen-bond acceptors (Lipinski definition) is 4. The van der Waals surface area contributed by atoms with Crippen LogP contribution in [0.2, 0.25) is 0 Å². The third-order valence-corrected chi connectivity index (χ3v) is 4.57. The standard InChI is InChI=1S/C17H27N3O2/c1-4-13(2)16(18)17(21)20-11-9-19(10-12-20)14-5-7-15(22-3)8-6-14/h5-8,13,16H,4,9-12,18H2,1-3H3/t13?,16-/m0/s1. The molecule has 0 saturated carbocycles. The molecule has 1 aliphatic rings. The summed E-state index contributed by atoms with van der Waals surface area (Å²) in [6.07, 6.45) is 0.929. The Hall–Kier alpha value is -1.75. The lowest BCUT2D eigenvalue weighted by Crippen LogP contribution is -2.54. The van der Waals surface area contributed by atoms with Crippen molar-refractivity contribution < 1.29 is 9.53 Å². The van der Waals surface area contributed by atoms with Gasteiger partial charge in [0.2, 0.25) is 5.91 Å². The van der Waals surface area contributed by atoms with E-state index in [4.69, 9.17) is 10.5 Å². The minimum absolute atomic E-state index is 0.0868. The molecule has 5 nitrogen and oxygen atoms in total. The van der Waals surface area contributed by atoms with Crippen molar-refractivity contribution in [1.29, 1.82) is 0 Å². The van der Waals surface area contributed by atoms with E-state index in [1.807, 2.05) is 24.0 Å². The Morgan fingerprint density at radius 3 is 2.32 bits per heavy atom. The van der Waals surface area contributed by atoms with Crippen molar-refractivity contribution in [2.45, 2.75) is 26.3 Å². The summed E-state index contributed by atoms with van der Waals surface area (Å²) in [5, 5.41) is 0. The van der Waals surface area contributed by atoms with E-state index in [0.717, 1.165) is 38.3 Å². The fourth-order valence-corrected chi connectivity index (χ4v) is 2.69. The minimum atomic E-state index is -0.377. The molecule has 1 fully saturated rings. The van der Waals surface area contributed by atoms with Crippen molar-refractivity contribution in [3.63, 3.8) is 0 Å². The first kappa shape index (κ1) is 16.6. The number of methoxy groups -OCH3 is 1. The molecule has 0 aliphatic carbocycles. The van der Waals surface area contributed by atoms with Crippen LogP contribution in [0, 0.1) is 5.92 Å². The number of amides is 1. The molecule has 1 heterocycles. The third-order valence-electron chi connectivity index (χ3n) is 4.57. The van der Waals surface area contributed by atoms with Crippen LogP contribution in [0.4, 0.5) is 5.69 Å². The Balaban J connectivity index is 1.90. The zero-order valence-corrected chi connectivity index (χ0v) is 13.8. The molecule has 1 amide bonds. The number of piperazine rings is 1. The summed E-state index contributed by atoms with van der Waals surface area (Å²) in [7, 11) is 1.67. The molecule has 1 unspecified atom stereocenters. The number of anilines is 1. The molecular formula is C17H27N3O2. The summed E-state index contributed by atoms with van der Waals surface area (Å²) in [4.78, 5) is 16.6. The largest absolute Gasteiger partial charge is 0.497 e. The first-order valence-corrected chi connectivity index (χ1v) is 8.00. The molecule has 1 aliphatic heterocycles. The molecule has 1 aromatic carbocycles. The van der Waals surface area contributed by atoms with E-state index in [1.165, 1.54) is 5.69 Å². The average Bonchev–Trinajstić information content (AvgIpc) is 2.60. The van der Waals surface area contributed by atoms with Crippen LogP contribution in [0.15, 0.2) is 24.3 Å². The van der Waals surface area contributed by atoms with Gasteiger partial charge in [0.25, 0.3) is 0 Å². The van der Waals surface area contributed by atoms with Crippen molar-refractivity contribution in [1.82, 2.24) is 4.90 Å². The van der Waals surface area contributed by atoms with E-state index < -0.39 is 0 Å². The fraction of sp³-hybridized carbons (Fsp3) is 0.588. The fourth-order valence-electron chi connectivity index (χ4n) is 2.69. The van der Waals surface area contributed by atoms with Crippen molar-refractivity contribution >= 4 is 11.6 Å². The van der Waals surface area contributed by atoms with Gasteiger partial charge in [0, 0.05) is 31.9 Å². The van der Waals surface area contributed by atoms with Gasteiger partial charge in [0.15, 0.2) is 0 Å². The lowest BCUT2D eigenvalue weighted by atomic mass is 9.98. The molecule has 22 heavy (non-hydrogen) atoms. The summed E-state index contributed by atoms with van der Waals surface area (Å²) in [5.74, 6) is 1.17. The number of carbonyl (C=O) groups is 1. The zero-order valence-electron chi connectivity index (χ0n) is 13.8. The van der Waals surface area contributed by atoms with Crippen molar-refractivity contribution in [2.75, 3.05) is 38.2 Å². The van der Waals surface area contributed by atoms with Gasteiger partial charge in [-0.25, -0.2) is 0 Å². The quantitative estimate of drug-likeness (QED) is 0.900.